The van der Waals surface area contributed by atoms with Gasteiger partial charge in [-0.25, -0.2) is 9.78 Å². The number of hydrogen-bond acceptors (Lipinski definition) is 6. The van der Waals surface area contributed by atoms with Crippen molar-refractivity contribution in [2.24, 2.45) is 0 Å². The van der Waals surface area contributed by atoms with Crippen LogP contribution in [0.2, 0.25) is 5.02 Å². The van der Waals surface area contributed by atoms with E-state index in [2.05, 4.69) is 4.98 Å². The molecule has 0 amide bonds. The van der Waals surface area contributed by atoms with E-state index in [4.69, 9.17) is 30.2 Å². The van der Waals surface area contributed by atoms with Gasteiger partial charge in [-0.05, 0) is 48.0 Å². The summed E-state index contributed by atoms with van der Waals surface area (Å²) >= 11 is 5.87. The number of nitrogens with zero attached hydrogens (tertiary/aromatic N) is 1. The summed E-state index contributed by atoms with van der Waals surface area (Å²) in [5.41, 5.74) is 1.64. The lowest BCUT2D eigenvalue weighted by Gasteiger charge is -1.99. The van der Waals surface area contributed by atoms with Gasteiger partial charge in [0.1, 0.15) is 0 Å². The van der Waals surface area contributed by atoms with Crippen LogP contribution in [0.3, 0.4) is 0 Å². The smallest absolute Gasteiger partial charge is 0.331 e. The average molecular weight is 384 g/mol. The Hall–Kier alpha value is -3.25. The molecule has 0 atom stereocenters. The van der Waals surface area contributed by atoms with Crippen LogP contribution in [0.1, 0.15) is 11.5 Å². The zero-order valence-corrected chi connectivity index (χ0v) is 14.8. The lowest BCUT2D eigenvalue weighted by atomic mass is 10.2. The number of rotatable bonds is 5. The number of fused-ring (bicyclic) bond motifs is 1. The fourth-order valence-corrected chi connectivity index (χ4v) is 2.61. The van der Waals surface area contributed by atoms with Gasteiger partial charge in [0, 0.05) is 16.7 Å². The SMILES string of the molecule is O=C(C=Cc1ccc2c(c1)OCO2)OCc1ncc(-c2ccc(Cl)cc2)o1. The van der Waals surface area contributed by atoms with Gasteiger partial charge in [-0.2, -0.15) is 0 Å². The van der Waals surface area contributed by atoms with Crippen LogP contribution in [-0.2, 0) is 16.1 Å². The molecule has 3 aromatic rings. The zero-order chi connectivity index (χ0) is 18.6. The summed E-state index contributed by atoms with van der Waals surface area (Å²) in [5.74, 6) is 1.73. The van der Waals surface area contributed by atoms with Crippen LogP contribution in [0.15, 0.2) is 59.2 Å². The van der Waals surface area contributed by atoms with Crippen molar-refractivity contribution in [2.75, 3.05) is 6.79 Å². The Morgan fingerprint density at radius 2 is 1.96 bits per heavy atom. The molecule has 0 bridgehead atoms. The minimum Gasteiger partial charge on any atom is -0.454 e. The maximum atomic E-state index is 11.9. The van der Waals surface area contributed by atoms with Crippen LogP contribution in [0.25, 0.3) is 17.4 Å². The quantitative estimate of drug-likeness (QED) is 0.478. The minimum atomic E-state index is -0.501. The first kappa shape index (κ1) is 17.2. The molecule has 7 heteroatoms. The molecular formula is C20H14ClNO5. The maximum absolute atomic E-state index is 11.9. The van der Waals surface area contributed by atoms with Crippen molar-refractivity contribution >= 4 is 23.6 Å². The molecule has 0 fully saturated rings. The first-order valence-electron chi connectivity index (χ1n) is 8.12. The number of oxazole rings is 1. The molecule has 2 heterocycles. The molecule has 0 radical (unpaired) electrons. The predicted molar refractivity (Wildman–Crippen MR) is 98.3 cm³/mol. The van der Waals surface area contributed by atoms with Crippen LogP contribution in [-0.4, -0.2) is 17.7 Å². The Kier molecular flexibility index (Phi) is 4.80. The van der Waals surface area contributed by atoms with E-state index in [1.54, 1.807) is 36.5 Å². The molecule has 0 unspecified atom stereocenters. The molecule has 0 saturated carbocycles. The highest BCUT2D eigenvalue weighted by atomic mass is 35.5. The van der Waals surface area contributed by atoms with E-state index in [-0.39, 0.29) is 13.4 Å². The number of carbonyl (C=O) groups excluding carboxylic acids is 1. The Balaban J connectivity index is 1.33. The van der Waals surface area contributed by atoms with Gasteiger partial charge in [-0.1, -0.05) is 17.7 Å². The van der Waals surface area contributed by atoms with Gasteiger partial charge in [0.25, 0.3) is 0 Å². The van der Waals surface area contributed by atoms with Crippen molar-refractivity contribution in [3.63, 3.8) is 0 Å². The molecule has 1 aromatic heterocycles. The molecule has 0 spiro atoms. The highest BCUT2D eigenvalue weighted by molar-refractivity contribution is 6.30. The maximum Gasteiger partial charge on any atom is 0.331 e. The van der Waals surface area contributed by atoms with Crippen LogP contribution < -0.4 is 9.47 Å². The molecule has 27 heavy (non-hydrogen) atoms. The summed E-state index contributed by atoms with van der Waals surface area (Å²) < 4.78 is 21.3. The van der Waals surface area contributed by atoms with E-state index in [9.17, 15) is 4.79 Å². The summed E-state index contributed by atoms with van der Waals surface area (Å²) in [6.45, 7) is 0.149. The summed E-state index contributed by atoms with van der Waals surface area (Å²) in [6.07, 6.45) is 4.55. The zero-order valence-electron chi connectivity index (χ0n) is 14.1. The molecular weight excluding hydrogens is 370 g/mol. The number of hydrogen-bond donors (Lipinski definition) is 0. The molecule has 1 aliphatic heterocycles. The molecule has 6 nitrogen and oxygen atoms in total. The fraction of sp³-hybridized carbons (Fsp3) is 0.100. The lowest BCUT2D eigenvalue weighted by molar-refractivity contribution is -0.139. The molecule has 136 valence electrons. The molecule has 2 aromatic carbocycles. The van der Waals surface area contributed by atoms with Gasteiger partial charge in [0.05, 0.1) is 6.20 Å². The summed E-state index contributed by atoms with van der Waals surface area (Å²) in [5, 5.41) is 0.640. The highest BCUT2D eigenvalue weighted by Crippen LogP contribution is 2.32. The number of aromatic nitrogens is 1. The van der Waals surface area contributed by atoms with Crippen LogP contribution in [0, 0.1) is 0 Å². The summed E-state index contributed by atoms with van der Waals surface area (Å²) in [6, 6.07) is 12.6. The molecule has 1 aliphatic rings. The monoisotopic (exact) mass is 383 g/mol. The van der Waals surface area contributed by atoms with Gasteiger partial charge < -0.3 is 18.6 Å². The van der Waals surface area contributed by atoms with E-state index in [1.165, 1.54) is 6.08 Å². The number of halogens is 1. The Morgan fingerprint density at radius 3 is 2.81 bits per heavy atom. The Morgan fingerprint density at radius 1 is 1.15 bits per heavy atom. The third-order valence-electron chi connectivity index (χ3n) is 3.83. The van der Waals surface area contributed by atoms with Crippen molar-refractivity contribution in [1.82, 2.24) is 4.98 Å². The molecule has 0 aliphatic carbocycles. The van der Waals surface area contributed by atoms with Gasteiger partial charge in [0.15, 0.2) is 23.9 Å². The number of benzene rings is 2. The van der Waals surface area contributed by atoms with Crippen molar-refractivity contribution < 1.29 is 23.4 Å². The Bertz CT molecular complexity index is 994. The van der Waals surface area contributed by atoms with Crippen molar-refractivity contribution in [1.29, 1.82) is 0 Å². The van der Waals surface area contributed by atoms with Gasteiger partial charge in [-0.15, -0.1) is 0 Å². The second kappa shape index (κ2) is 7.55. The Labute approximate surface area is 159 Å². The van der Waals surface area contributed by atoms with E-state index in [0.717, 1.165) is 11.1 Å². The number of carbonyl (C=O) groups is 1. The summed E-state index contributed by atoms with van der Waals surface area (Å²) in [4.78, 5) is 16.0. The topological polar surface area (TPSA) is 70.8 Å². The molecule has 0 saturated heterocycles. The van der Waals surface area contributed by atoms with E-state index < -0.39 is 5.97 Å². The van der Waals surface area contributed by atoms with Gasteiger partial charge in [-0.3, -0.25) is 0 Å². The standard InChI is InChI=1S/C20H14ClNO5/c21-15-5-3-14(4-6-15)18-10-22-19(27-18)11-24-20(23)8-2-13-1-7-16-17(9-13)26-12-25-16/h1-10H,11-12H2. The largest absolute Gasteiger partial charge is 0.454 e. The second-order valence-corrected chi connectivity index (χ2v) is 6.12. The second-order valence-electron chi connectivity index (χ2n) is 5.68. The van der Waals surface area contributed by atoms with Crippen molar-refractivity contribution in [3.8, 4) is 22.8 Å². The van der Waals surface area contributed by atoms with Crippen LogP contribution >= 0.6 is 11.6 Å². The predicted octanol–water partition coefficient (Wildman–Crippen LogP) is 4.48. The highest BCUT2D eigenvalue weighted by Gasteiger charge is 2.12. The van der Waals surface area contributed by atoms with Crippen LogP contribution in [0.5, 0.6) is 11.5 Å². The van der Waals surface area contributed by atoms with Crippen molar-refractivity contribution in [3.05, 3.63) is 71.2 Å². The fourth-order valence-electron chi connectivity index (χ4n) is 2.49. The van der Waals surface area contributed by atoms with Gasteiger partial charge >= 0.3 is 5.97 Å². The molecule has 0 N–H and O–H groups in total. The third-order valence-corrected chi connectivity index (χ3v) is 4.08. The number of ether oxygens (including phenoxy) is 3. The first-order chi connectivity index (χ1) is 13.2. The first-order valence-corrected chi connectivity index (χ1v) is 8.50. The number of esters is 1. The average Bonchev–Trinajstić information content (AvgIpc) is 3.34. The third kappa shape index (κ3) is 4.12. The van der Waals surface area contributed by atoms with Crippen LogP contribution in [0.4, 0.5) is 0 Å². The van der Waals surface area contributed by atoms with Gasteiger partial charge in [0.2, 0.25) is 12.7 Å². The normalized spacial score (nSPS) is 12.5. The van der Waals surface area contributed by atoms with Crippen molar-refractivity contribution in [2.45, 2.75) is 6.61 Å². The van der Waals surface area contributed by atoms with E-state index in [0.29, 0.717) is 28.2 Å². The minimum absolute atomic E-state index is 0.0576. The van der Waals surface area contributed by atoms with E-state index >= 15 is 0 Å². The molecule has 4 rings (SSSR count). The summed E-state index contributed by atoms with van der Waals surface area (Å²) in [7, 11) is 0. The lowest BCUT2D eigenvalue weighted by Crippen LogP contribution is -2.00. The van der Waals surface area contributed by atoms with E-state index in [1.807, 2.05) is 18.2 Å².